The number of hydrogen-bond acceptors (Lipinski definition) is 7. The number of thiophene rings is 1. The van der Waals surface area contributed by atoms with Crippen LogP contribution in [-0.2, 0) is 9.53 Å². The van der Waals surface area contributed by atoms with Gasteiger partial charge in [0, 0.05) is 5.92 Å². The van der Waals surface area contributed by atoms with Crippen LogP contribution in [0.4, 0.5) is 0 Å². The number of aliphatic hydroxyl groups is 3. The molecule has 33 heavy (non-hydrogen) atoms. The molecule has 1 heterocycles. The molecule has 0 aromatic carbocycles. The summed E-state index contributed by atoms with van der Waals surface area (Å²) in [5, 5.41) is 35.8. The Bertz CT molecular complexity index is 1100. The molecular weight excluding hydrogens is 440 g/mol. The van der Waals surface area contributed by atoms with Gasteiger partial charge in [0.1, 0.15) is 11.0 Å². The van der Waals surface area contributed by atoms with E-state index in [0.717, 1.165) is 12.0 Å². The van der Waals surface area contributed by atoms with Crippen LogP contribution >= 0.6 is 11.3 Å². The van der Waals surface area contributed by atoms with Crippen molar-refractivity contribution in [2.24, 2.45) is 34.5 Å². The van der Waals surface area contributed by atoms with Crippen molar-refractivity contribution in [3.63, 3.8) is 0 Å². The lowest BCUT2D eigenvalue weighted by Gasteiger charge is -2.48. The molecule has 1 aromatic rings. The lowest BCUT2D eigenvalue weighted by molar-refractivity contribution is -0.190. The molecule has 0 radical (unpaired) electrons. The Labute approximate surface area is 198 Å². The summed E-state index contributed by atoms with van der Waals surface area (Å²) in [5.41, 5.74) is -2.01. The standard InChI is InChI=1S/C26H32O6S/c1-12-6-7-33-19(12)23(30)32-22-13(2)10-25-14(3)8-17-18(24(17,4)5)16(21(25)29)9-15(11-27)20(28)26(22,25)31/h6-7,9-10,14,16-18,20,22,27-28,31H,8,11H2,1-5H3/t14-,16+,17-,18+,20-,22+,25+,26+/m1/s1. The third-order valence-corrected chi connectivity index (χ3v) is 10.2. The molecule has 0 aliphatic heterocycles. The van der Waals surface area contributed by atoms with E-state index in [9.17, 15) is 24.9 Å². The van der Waals surface area contributed by atoms with Gasteiger partial charge in [0.25, 0.3) is 0 Å². The number of ether oxygens (including phenoxy) is 1. The highest BCUT2D eigenvalue weighted by molar-refractivity contribution is 7.12. The molecule has 3 N–H and O–H groups in total. The number of Topliss-reactive ketones (excluding diaryl/α,β-unsaturated/α-hetero) is 1. The van der Waals surface area contributed by atoms with Gasteiger partial charge in [0.05, 0.1) is 12.0 Å². The molecule has 8 atom stereocenters. The molecule has 1 spiro atoms. The summed E-state index contributed by atoms with van der Waals surface area (Å²) in [4.78, 5) is 27.8. The number of hydrogen-bond donors (Lipinski definition) is 3. The fourth-order valence-corrected chi connectivity index (χ4v) is 8.14. The third kappa shape index (κ3) is 2.71. The van der Waals surface area contributed by atoms with Crippen molar-refractivity contribution in [3.8, 4) is 0 Å². The molecule has 0 unspecified atom stereocenters. The van der Waals surface area contributed by atoms with E-state index in [1.165, 1.54) is 11.3 Å². The molecule has 4 aliphatic rings. The van der Waals surface area contributed by atoms with Crippen molar-refractivity contribution in [2.75, 3.05) is 6.61 Å². The molecular formula is C26H32O6S. The first-order valence-corrected chi connectivity index (χ1v) is 12.5. The van der Waals surface area contributed by atoms with Gasteiger partial charge in [0.15, 0.2) is 17.5 Å². The predicted octanol–water partition coefficient (Wildman–Crippen LogP) is 3.05. The van der Waals surface area contributed by atoms with Gasteiger partial charge in [0.2, 0.25) is 0 Å². The Morgan fingerprint density at radius 2 is 2.00 bits per heavy atom. The van der Waals surface area contributed by atoms with Crippen LogP contribution < -0.4 is 0 Å². The number of ketones is 1. The van der Waals surface area contributed by atoms with Gasteiger partial charge in [-0.3, -0.25) is 4.79 Å². The van der Waals surface area contributed by atoms with Crippen molar-refractivity contribution in [1.29, 1.82) is 0 Å². The normalized spacial score (nSPS) is 43.0. The van der Waals surface area contributed by atoms with Crippen molar-refractivity contribution in [2.45, 2.75) is 58.8 Å². The lowest BCUT2D eigenvalue weighted by Crippen LogP contribution is -2.65. The number of allylic oxidation sites excluding steroid dienone is 1. The SMILES string of the molecule is CC1=C[C@]23C(=O)[C@@H](C=C(CO)[C@@H](O)[C@]2(O)[C@H]1OC(=O)c1sccc1C)[C@H]1[C@@H](C[C@H]3C)C1(C)C. The van der Waals surface area contributed by atoms with Gasteiger partial charge >= 0.3 is 5.97 Å². The first kappa shape index (κ1) is 23.0. The maximum Gasteiger partial charge on any atom is 0.349 e. The van der Waals surface area contributed by atoms with Crippen LogP contribution in [0.5, 0.6) is 0 Å². The monoisotopic (exact) mass is 472 g/mol. The van der Waals surface area contributed by atoms with Crippen LogP contribution in [-0.4, -0.2) is 51.5 Å². The number of carbonyl (C=O) groups excluding carboxylic acids is 2. The molecule has 6 nitrogen and oxygen atoms in total. The highest BCUT2D eigenvalue weighted by atomic mass is 32.1. The van der Waals surface area contributed by atoms with Crippen LogP contribution in [0.15, 0.2) is 34.7 Å². The van der Waals surface area contributed by atoms with E-state index in [-0.39, 0.29) is 28.6 Å². The highest BCUT2D eigenvalue weighted by Gasteiger charge is 2.76. The number of esters is 1. The summed E-state index contributed by atoms with van der Waals surface area (Å²) < 4.78 is 5.87. The molecule has 2 fully saturated rings. The highest BCUT2D eigenvalue weighted by Crippen LogP contribution is 2.71. The average Bonchev–Trinajstić information content (AvgIpc) is 3.02. The molecule has 7 heteroatoms. The maximum atomic E-state index is 14.3. The van der Waals surface area contributed by atoms with Crippen LogP contribution in [0.3, 0.4) is 0 Å². The maximum absolute atomic E-state index is 14.3. The van der Waals surface area contributed by atoms with Crippen LogP contribution in [0.2, 0.25) is 0 Å². The van der Waals surface area contributed by atoms with Crippen molar-refractivity contribution >= 4 is 23.1 Å². The second-order valence-corrected chi connectivity index (χ2v) is 12.0. The quantitative estimate of drug-likeness (QED) is 0.461. The van der Waals surface area contributed by atoms with Gasteiger partial charge in [-0.15, -0.1) is 11.3 Å². The zero-order valence-electron chi connectivity index (χ0n) is 19.7. The van der Waals surface area contributed by atoms with Gasteiger partial charge in [-0.1, -0.05) is 32.9 Å². The second kappa shape index (κ2) is 7.11. The molecule has 0 amide bonds. The Hall–Kier alpha value is -1.80. The van der Waals surface area contributed by atoms with Crippen molar-refractivity contribution in [3.05, 3.63) is 45.2 Å². The zero-order chi connectivity index (χ0) is 24.1. The molecule has 178 valence electrons. The summed E-state index contributed by atoms with van der Waals surface area (Å²) in [6.07, 6.45) is 1.41. The van der Waals surface area contributed by atoms with Crippen LogP contribution in [0, 0.1) is 41.4 Å². The minimum atomic E-state index is -2.10. The first-order valence-electron chi connectivity index (χ1n) is 11.6. The first-order chi connectivity index (χ1) is 15.4. The minimum Gasteiger partial charge on any atom is -0.450 e. The van der Waals surface area contributed by atoms with Crippen molar-refractivity contribution < 1.29 is 29.6 Å². The number of carbonyl (C=O) groups is 2. The smallest absolute Gasteiger partial charge is 0.349 e. The van der Waals surface area contributed by atoms with E-state index in [4.69, 9.17) is 4.74 Å². The summed E-state index contributed by atoms with van der Waals surface area (Å²) in [7, 11) is 0. The van der Waals surface area contributed by atoms with E-state index in [0.29, 0.717) is 16.4 Å². The minimum absolute atomic E-state index is 0.0272. The van der Waals surface area contributed by atoms with E-state index >= 15 is 0 Å². The molecule has 1 aromatic heterocycles. The zero-order valence-corrected chi connectivity index (χ0v) is 20.5. The Morgan fingerprint density at radius 1 is 1.30 bits per heavy atom. The van der Waals surface area contributed by atoms with Crippen molar-refractivity contribution in [1.82, 2.24) is 0 Å². The topological polar surface area (TPSA) is 104 Å². The molecule has 5 rings (SSSR count). The lowest BCUT2D eigenvalue weighted by atomic mass is 9.59. The Balaban J connectivity index is 1.66. The number of aryl methyl sites for hydroxylation is 1. The van der Waals surface area contributed by atoms with Crippen LogP contribution in [0.25, 0.3) is 0 Å². The Kier molecular flexibility index (Phi) is 4.94. The van der Waals surface area contributed by atoms with Gasteiger partial charge in [-0.25, -0.2) is 4.79 Å². The van der Waals surface area contributed by atoms with E-state index in [1.54, 1.807) is 24.5 Å². The molecule has 0 saturated heterocycles. The fraction of sp³-hybridized carbons (Fsp3) is 0.615. The summed E-state index contributed by atoms with van der Waals surface area (Å²) in [6.45, 7) is 9.32. The summed E-state index contributed by atoms with van der Waals surface area (Å²) >= 11 is 1.25. The predicted molar refractivity (Wildman–Crippen MR) is 124 cm³/mol. The third-order valence-electron chi connectivity index (χ3n) is 9.17. The van der Waals surface area contributed by atoms with Gasteiger partial charge in [-0.05, 0) is 71.6 Å². The van der Waals surface area contributed by atoms with Gasteiger partial charge < -0.3 is 20.1 Å². The van der Waals surface area contributed by atoms with Gasteiger partial charge in [-0.2, -0.15) is 0 Å². The van der Waals surface area contributed by atoms with E-state index in [2.05, 4.69) is 13.8 Å². The summed E-state index contributed by atoms with van der Waals surface area (Å²) in [6, 6.07) is 1.82. The number of aliphatic hydroxyl groups excluding tert-OH is 2. The summed E-state index contributed by atoms with van der Waals surface area (Å²) in [5.74, 6) is -1.14. The number of rotatable bonds is 3. The average molecular weight is 473 g/mol. The molecule has 2 saturated carbocycles. The Morgan fingerprint density at radius 3 is 2.61 bits per heavy atom. The molecule has 4 aliphatic carbocycles. The molecule has 2 bridgehead atoms. The second-order valence-electron chi connectivity index (χ2n) is 11.1. The van der Waals surface area contributed by atoms with Crippen LogP contribution in [0.1, 0.15) is 49.4 Å². The van der Waals surface area contributed by atoms with E-state index < -0.39 is 41.7 Å². The largest absolute Gasteiger partial charge is 0.450 e. The fourth-order valence-electron chi connectivity index (χ4n) is 7.34. The number of fused-ring (bicyclic) bond motifs is 3. The van der Waals surface area contributed by atoms with E-state index in [1.807, 2.05) is 19.9 Å².